The van der Waals surface area contributed by atoms with Crippen molar-refractivity contribution in [2.24, 2.45) is 29.6 Å². The van der Waals surface area contributed by atoms with E-state index in [1.807, 2.05) is 6.92 Å². The number of cyclic esters (lactones) is 1. The highest BCUT2D eigenvalue weighted by Crippen LogP contribution is 2.53. The molecule has 3 aliphatic rings. The molecule has 5 nitrogen and oxygen atoms in total. The van der Waals surface area contributed by atoms with Gasteiger partial charge in [0.15, 0.2) is 0 Å². The summed E-state index contributed by atoms with van der Waals surface area (Å²) < 4.78 is 40.0. The zero-order chi connectivity index (χ0) is 22.1. The molecule has 0 aromatic carbocycles. The summed E-state index contributed by atoms with van der Waals surface area (Å²) in [5.41, 5.74) is 0. The number of ether oxygens (including phenoxy) is 2. The van der Waals surface area contributed by atoms with Crippen molar-refractivity contribution in [2.45, 2.75) is 103 Å². The lowest BCUT2D eigenvalue weighted by molar-refractivity contribution is -0.188. The molecule has 0 bridgehead atoms. The van der Waals surface area contributed by atoms with Gasteiger partial charge in [0, 0.05) is 25.2 Å². The van der Waals surface area contributed by atoms with E-state index in [4.69, 9.17) is 9.47 Å². The molecule has 1 heterocycles. The molecule has 30 heavy (non-hydrogen) atoms. The minimum atomic E-state index is -2.81. The Morgan fingerprint density at radius 2 is 2.03 bits per heavy atom. The molecule has 8 atom stereocenters. The van der Waals surface area contributed by atoms with E-state index in [1.165, 1.54) is 0 Å². The van der Waals surface area contributed by atoms with Crippen molar-refractivity contribution in [1.29, 1.82) is 0 Å². The number of hydrogen-bond donors (Lipinski definition) is 1. The van der Waals surface area contributed by atoms with Crippen molar-refractivity contribution >= 4 is 11.9 Å². The number of fused-ring (bicyclic) bond motifs is 1. The van der Waals surface area contributed by atoms with Gasteiger partial charge in [-0.05, 0) is 43.4 Å². The standard InChI is InChI=1S/C23H36F2O5/c1-4-13(2)22(28)30-19-12-23(24,25)11-15-6-5-14(3)18(21(15)19)8-7-17-9-16(26)10-20(27)29-17/h13-19,21,26H,4-12H2,1-3H3/t13-,14+,15+,16-,17-,18+,19+,21+/m1/s1. The van der Waals surface area contributed by atoms with E-state index >= 15 is 0 Å². The molecule has 0 aromatic rings. The molecule has 0 amide bonds. The summed E-state index contributed by atoms with van der Waals surface area (Å²) in [5.74, 6) is -3.68. The van der Waals surface area contributed by atoms with Gasteiger partial charge in [-0.1, -0.05) is 27.2 Å². The van der Waals surface area contributed by atoms with E-state index in [9.17, 15) is 23.5 Å². The average molecular weight is 431 g/mol. The zero-order valence-electron chi connectivity index (χ0n) is 18.3. The third-order valence-corrected chi connectivity index (χ3v) is 7.59. The van der Waals surface area contributed by atoms with Gasteiger partial charge in [-0.25, -0.2) is 8.78 Å². The van der Waals surface area contributed by atoms with Crippen molar-refractivity contribution in [3.05, 3.63) is 0 Å². The van der Waals surface area contributed by atoms with E-state index in [-0.39, 0.29) is 54.6 Å². The van der Waals surface area contributed by atoms with Gasteiger partial charge in [-0.3, -0.25) is 9.59 Å². The smallest absolute Gasteiger partial charge is 0.308 e. The summed E-state index contributed by atoms with van der Waals surface area (Å²) in [5, 5.41) is 9.86. The Labute approximate surface area is 177 Å². The predicted molar refractivity (Wildman–Crippen MR) is 107 cm³/mol. The van der Waals surface area contributed by atoms with Crippen molar-refractivity contribution < 1.29 is 33.0 Å². The van der Waals surface area contributed by atoms with Crippen LogP contribution >= 0.6 is 0 Å². The van der Waals surface area contributed by atoms with Gasteiger partial charge in [-0.15, -0.1) is 0 Å². The van der Waals surface area contributed by atoms with Gasteiger partial charge in [0.2, 0.25) is 0 Å². The third-order valence-electron chi connectivity index (χ3n) is 7.59. The molecule has 2 saturated carbocycles. The van der Waals surface area contributed by atoms with Crippen molar-refractivity contribution in [1.82, 2.24) is 0 Å². The van der Waals surface area contributed by atoms with Crippen LogP contribution in [0.4, 0.5) is 8.78 Å². The van der Waals surface area contributed by atoms with E-state index < -0.39 is 24.6 Å². The molecule has 3 rings (SSSR count). The number of carbonyl (C=O) groups is 2. The Morgan fingerprint density at radius 1 is 1.30 bits per heavy atom. The van der Waals surface area contributed by atoms with E-state index in [2.05, 4.69) is 6.92 Å². The number of hydrogen-bond acceptors (Lipinski definition) is 5. The van der Waals surface area contributed by atoms with Crippen LogP contribution in [-0.4, -0.2) is 41.3 Å². The summed E-state index contributed by atoms with van der Waals surface area (Å²) in [4.78, 5) is 24.1. The molecular weight excluding hydrogens is 394 g/mol. The lowest BCUT2D eigenvalue weighted by atomic mass is 9.59. The molecule has 0 spiro atoms. The lowest BCUT2D eigenvalue weighted by Crippen LogP contribution is -2.51. The maximum atomic E-state index is 14.5. The summed E-state index contributed by atoms with van der Waals surface area (Å²) >= 11 is 0. The highest BCUT2D eigenvalue weighted by molar-refractivity contribution is 5.72. The van der Waals surface area contributed by atoms with Gasteiger partial charge < -0.3 is 14.6 Å². The molecule has 0 aromatic heterocycles. The molecule has 1 aliphatic heterocycles. The Hall–Kier alpha value is -1.24. The molecular formula is C23H36F2O5. The van der Waals surface area contributed by atoms with Crippen LogP contribution in [0.15, 0.2) is 0 Å². The Balaban J connectivity index is 1.74. The van der Waals surface area contributed by atoms with Crippen LogP contribution in [-0.2, 0) is 19.1 Å². The molecule has 1 N–H and O–H groups in total. The molecule has 0 radical (unpaired) electrons. The topological polar surface area (TPSA) is 72.8 Å². The second kappa shape index (κ2) is 9.49. The van der Waals surface area contributed by atoms with E-state index in [0.717, 1.165) is 19.3 Å². The number of rotatable bonds is 6. The normalized spacial score (nSPS) is 39.5. The summed E-state index contributed by atoms with van der Waals surface area (Å²) in [6.45, 7) is 5.79. The number of alkyl halides is 2. The largest absolute Gasteiger partial charge is 0.462 e. The van der Waals surface area contributed by atoms with Gasteiger partial charge in [0.25, 0.3) is 5.92 Å². The van der Waals surface area contributed by atoms with Gasteiger partial charge >= 0.3 is 11.9 Å². The van der Waals surface area contributed by atoms with E-state index in [0.29, 0.717) is 25.2 Å². The molecule has 1 saturated heterocycles. The van der Waals surface area contributed by atoms with Crippen LogP contribution in [0.1, 0.15) is 78.6 Å². The predicted octanol–water partition coefficient (Wildman–Crippen LogP) is 4.50. The van der Waals surface area contributed by atoms with Crippen LogP contribution in [0.5, 0.6) is 0 Å². The van der Waals surface area contributed by atoms with Gasteiger partial charge in [-0.2, -0.15) is 0 Å². The number of carbonyl (C=O) groups excluding carboxylic acids is 2. The maximum absolute atomic E-state index is 14.5. The SMILES string of the molecule is CC[C@@H](C)C(=O)O[C@H]1CC(F)(F)C[C@@H]2CC[C@H](C)[C@H](CC[C@@H]3C[C@@H](O)CC(=O)O3)[C@H]21. The highest BCUT2D eigenvalue weighted by Gasteiger charge is 2.53. The fraction of sp³-hybridized carbons (Fsp3) is 0.913. The van der Waals surface area contributed by atoms with Crippen molar-refractivity contribution in [3.63, 3.8) is 0 Å². The van der Waals surface area contributed by atoms with Crippen LogP contribution in [0.3, 0.4) is 0 Å². The lowest BCUT2D eigenvalue weighted by Gasteiger charge is -2.50. The van der Waals surface area contributed by atoms with Crippen LogP contribution in [0.2, 0.25) is 0 Å². The fourth-order valence-corrected chi connectivity index (χ4v) is 5.77. The van der Waals surface area contributed by atoms with Gasteiger partial charge in [0.1, 0.15) is 12.2 Å². The number of aliphatic hydroxyl groups is 1. The molecule has 7 heteroatoms. The number of halogens is 2. The van der Waals surface area contributed by atoms with Gasteiger partial charge in [0.05, 0.1) is 18.4 Å². The van der Waals surface area contributed by atoms with Crippen LogP contribution < -0.4 is 0 Å². The minimum Gasteiger partial charge on any atom is -0.462 e. The van der Waals surface area contributed by atoms with Crippen molar-refractivity contribution in [2.75, 3.05) is 0 Å². The first-order chi connectivity index (χ1) is 14.1. The Morgan fingerprint density at radius 3 is 2.70 bits per heavy atom. The molecule has 3 fully saturated rings. The Bertz CT molecular complexity index is 625. The van der Waals surface area contributed by atoms with Crippen LogP contribution in [0, 0.1) is 29.6 Å². The summed E-state index contributed by atoms with van der Waals surface area (Å²) in [6, 6.07) is 0. The fourth-order valence-electron chi connectivity index (χ4n) is 5.77. The second-order valence-electron chi connectivity index (χ2n) is 9.89. The average Bonchev–Trinajstić information content (AvgIpc) is 2.65. The first kappa shape index (κ1) is 23.4. The van der Waals surface area contributed by atoms with Crippen LogP contribution in [0.25, 0.3) is 0 Å². The summed E-state index contributed by atoms with van der Waals surface area (Å²) in [6.07, 6.45) is 1.66. The maximum Gasteiger partial charge on any atom is 0.308 e. The third kappa shape index (κ3) is 5.51. The zero-order valence-corrected chi connectivity index (χ0v) is 18.3. The first-order valence-corrected chi connectivity index (χ1v) is 11.6. The monoisotopic (exact) mass is 430 g/mol. The summed E-state index contributed by atoms with van der Waals surface area (Å²) in [7, 11) is 0. The molecule has 0 unspecified atom stereocenters. The van der Waals surface area contributed by atoms with E-state index in [1.54, 1.807) is 6.92 Å². The van der Waals surface area contributed by atoms with Crippen molar-refractivity contribution in [3.8, 4) is 0 Å². The second-order valence-corrected chi connectivity index (χ2v) is 9.89. The quantitative estimate of drug-likeness (QED) is 0.628. The minimum absolute atomic E-state index is 0.0315. The highest BCUT2D eigenvalue weighted by atomic mass is 19.3. The number of aliphatic hydroxyl groups excluding tert-OH is 1. The first-order valence-electron chi connectivity index (χ1n) is 11.6. The Kier molecular flexibility index (Phi) is 7.41. The molecule has 172 valence electrons. The number of esters is 2. The molecule has 2 aliphatic carbocycles.